The van der Waals surface area contributed by atoms with Gasteiger partial charge in [0.15, 0.2) is 0 Å². The molecule has 11 aromatic rings. The van der Waals surface area contributed by atoms with Gasteiger partial charge in [0, 0.05) is 59.1 Å². The molecule has 0 saturated heterocycles. The van der Waals surface area contributed by atoms with E-state index < -0.39 is 0 Å². The molecule has 2 nitrogen and oxygen atoms in total. The van der Waals surface area contributed by atoms with E-state index >= 15 is 0 Å². The molecule has 304 valence electrons. The number of rotatable bonds is 6. The highest BCUT2D eigenvalue weighted by molar-refractivity contribution is 7.27. The van der Waals surface area contributed by atoms with Gasteiger partial charge in [-0.05, 0) is 129 Å². The van der Waals surface area contributed by atoms with Crippen LogP contribution in [0, 0.1) is 0 Å². The first-order valence-electron chi connectivity index (χ1n) is 22.5. The van der Waals surface area contributed by atoms with E-state index in [4.69, 9.17) is 0 Å². The molecule has 0 amide bonds. The smallest absolute Gasteiger partial charge is 0.0593 e. The monoisotopic (exact) mass is 836 g/mol. The fourth-order valence-electron chi connectivity index (χ4n) is 11.0. The third kappa shape index (κ3) is 5.57. The topological polar surface area (TPSA) is 8.17 Å². The molecule has 0 spiro atoms. The Kier molecular flexibility index (Phi) is 8.29. The number of hydrogen-bond donors (Lipinski definition) is 0. The van der Waals surface area contributed by atoms with Crippen molar-refractivity contribution in [3.63, 3.8) is 0 Å². The maximum atomic E-state index is 2.57. The zero-order valence-corrected chi connectivity index (χ0v) is 36.7. The number of anilines is 3. The summed E-state index contributed by atoms with van der Waals surface area (Å²) in [4.78, 5) is 2.47. The van der Waals surface area contributed by atoms with Gasteiger partial charge in [0.2, 0.25) is 0 Å². The van der Waals surface area contributed by atoms with Crippen LogP contribution in [0.25, 0.3) is 87.1 Å². The van der Waals surface area contributed by atoms with Crippen molar-refractivity contribution in [3.05, 3.63) is 222 Å². The maximum absolute atomic E-state index is 2.57. The number of nitrogens with zero attached hydrogens (tertiary/aromatic N) is 2. The summed E-state index contributed by atoms with van der Waals surface area (Å²) in [5.41, 5.74) is 20.1. The van der Waals surface area contributed by atoms with Gasteiger partial charge in [0.05, 0.1) is 11.0 Å². The number of aromatic nitrogens is 1. The molecular weight excluding hydrogens is 793 g/mol. The molecule has 2 aliphatic carbocycles. The maximum Gasteiger partial charge on any atom is 0.0593 e. The van der Waals surface area contributed by atoms with Crippen LogP contribution in [0.1, 0.15) is 42.5 Å². The lowest BCUT2D eigenvalue weighted by Crippen LogP contribution is -2.16. The van der Waals surface area contributed by atoms with Crippen LogP contribution in [0.3, 0.4) is 0 Å². The molecule has 0 saturated carbocycles. The highest BCUT2D eigenvalue weighted by Gasteiger charge is 2.36. The second-order valence-electron chi connectivity index (χ2n) is 18.0. The van der Waals surface area contributed by atoms with Gasteiger partial charge in [0.25, 0.3) is 0 Å². The standard InChI is InChI=1S/C61H44N2S/c1-61(2)53-25-15-14-22-47(53)48-33-31-45(37-54(48)61)62(44-29-26-41(27-30-44)39-16-6-3-7-17-39)46-32-34-51-55(38-46)63(43-20-10-5-11-21-43)59-50-24-13-12-23-49(50)57-52-36-42(40-18-8-4-9-19-40)28-35-56(52)64-60(57)58(51)59/h3-12,14-23,25-38H,13,24H2,1-2H3. The molecule has 2 aromatic heterocycles. The number of aryl methyl sites for hydroxylation is 1. The Balaban J connectivity index is 1.08. The first-order chi connectivity index (χ1) is 31.5. The molecular formula is C61H44N2S. The summed E-state index contributed by atoms with van der Waals surface area (Å²) in [6.45, 7) is 4.75. The fourth-order valence-corrected chi connectivity index (χ4v) is 12.2. The van der Waals surface area contributed by atoms with Gasteiger partial charge in [-0.15, -0.1) is 11.3 Å². The predicted octanol–water partition coefficient (Wildman–Crippen LogP) is 17.2. The summed E-state index contributed by atoms with van der Waals surface area (Å²) in [7, 11) is 0. The van der Waals surface area contributed by atoms with Crippen LogP contribution < -0.4 is 4.90 Å². The van der Waals surface area contributed by atoms with Gasteiger partial charge in [-0.2, -0.15) is 0 Å². The normalized spacial score (nSPS) is 13.7. The molecule has 2 heterocycles. The highest BCUT2D eigenvalue weighted by atomic mass is 32.1. The van der Waals surface area contributed by atoms with Gasteiger partial charge >= 0.3 is 0 Å². The second kappa shape index (κ2) is 14.3. The van der Waals surface area contributed by atoms with Gasteiger partial charge in [-0.25, -0.2) is 0 Å². The lowest BCUT2D eigenvalue weighted by Gasteiger charge is -2.28. The van der Waals surface area contributed by atoms with Crippen LogP contribution in [0.5, 0.6) is 0 Å². The Morgan fingerprint density at radius 2 is 1.14 bits per heavy atom. The Morgan fingerprint density at radius 3 is 1.92 bits per heavy atom. The van der Waals surface area contributed by atoms with Gasteiger partial charge < -0.3 is 9.47 Å². The van der Waals surface area contributed by atoms with Crippen molar-refractivity contribution in [3.8, 4) is 39.1 Å². The number of para-hydroxylation sites is 1. The first-order valence-corrected chi connectivity index (χ1v) is 23.3. The van der Waals surface area contributed by atoms with Crippen molar-refractivity contribution >= 4 is 76.5 Å². The van der Waals surface area contributed by atoms with Crippen LogP contribution in [0.15, 0.2) is 200 Å². The first kappa shape index (κ1) is 37.1. The Hall–Kier alpha value is -7.46. The molecule has 3 heteroatoms. The van der Waals surface area contributed by atoms with Crippen LogP contribution >= 0.6 is 11.3 Å². The van der Waals surface area contributed by atoms with E-state index in [1.165, 1.54) is 103 Å². The van der Waals surface area contributed by atoms with E-state index in [-0.39, 0.29) is 5.41 Å². The van der Waals surface area contributed by atoms with Crippen LogP contribution in [0.2, 0.25) is 0 Å². The van der Waals surface area contributed by atoms with Gasteiger partial charge in [0.1, 0.15) is 0 Å². The molecule has 0 unspecified atom stereocenters. The Labute approximate surface area is 377 Å². The largest absolute Gasteiger partial charge is 0.310 e. The van der Waals surface area contributed by atoms with Crippen molar-refractivity contribution in [1.29, 1.82) is 0 Å². The van der Waals surface area contributed by atoms with E-state index in [9.17, 15) is 0 Å². The summed E-state index contributed by atoms with van der Waals surface area (Å²) in [6.07, 6.45) is 6.81. The molecule has 64 heavy (non-hydrogen) atoms. The highest BCUT2D eigenvalue weighted by Crippen LogP contribution is 2.53. The third-order valence-electron chi connectivity index (χ3n) is 14.0. The SMILES string of the molecule is CC1(C)c2ccccc2-c2ccc(N(c3ccc(-c4ccccc4)cc3)c3ccc4c5c6sc7ccc(-c8ccccc8)cc7c6c6c(c5n(-c5ccccc5)c4c3)CCC=C6)cc21. The van der Waals surface area contributed by atoms with Crippen LogP contribution in [-0.4, -0.2) is 4.57 Å². The van der Waals surface area contributed by atoms with E-state index in [0.717, 1.165) is 29.9 Å². The summed E-state index contributed by atoms with van der Waals surface area (Å²) in [5.74, 6) is 0. The summed E-state index contributed by atoms with van der Waals surface area (Å²) < 4.78 is 5.26. The lowest BCUT2D eigenvalue weighted by molar-refractivity contribution is 0.660. The minimum atomic E-state index is -0.126. The summed E-state index contributed by atoms with van der Waals surface area (Å²) >= 11 is 1.94. The zero-order chi connectivity index (χ0) is 42.5. The second-order valence-corrected chi connectivity index (χ2v) is 19.0. The quantitative estimate of drug-likeness (QED) is 0.162. The Morgan fingerprint density at radius 1 is 0.516 bits per heavy atom. The Bertz CT molecular complexity index is 3670. The molecule has 0 aliphatic heterocycles. The number of thiophene rings is 1. The molecule has 9 aromatic carbocycles. The summed E-state index contributed by atoms with van der Waals surface area (Å²) in [6, 6.07) is 72.0. The molecule has 0 fully saturated rings. The number of benzene rings is 9. The summed E-state index contributed by atoms with van der Waals surface area (Å²) in [5, 5.41) is 5.36. The van der Waals surface area contributed by atoms with Crippen molar-refractivity contribution in [2.45, 2.75) is 32.1 Å². The minimum absolute atomic E-state index is 0.126. The number of allylic oxidation sites excluding steroid dienone is 1. The van der Waals surface area contributed by atoms with Crippen molar-refractivity contribution in [2.24, 2.45) is 0 Å². The van der Waals surface area contributed by atoms with Crippen LogP contribution in [-0.2, 0) is 11.8 Å². The van der Waals surface area contributed by atoms with E-state index in [0.29, 0.717) is 0 Å². The molecule has 0 radical (unpaired) electrons. The van der Waals surface area contributed by atoms with Gasteiger partial charge in [-0.1, -0.05) is 159 Å². The average Bonchev–Trinajstić information content (AvgIpc) is 3.98. The van der Waals surface area contributed by atoms with Crippen molar-refractivity contribution in [1.82, 2.24) is 4.57 Å². The predicted molar refractivity (Wildman–Crippen MR) is 274 cm³/mol. The van der Waals surface area contributed by atoms with Crippen LogP contribution in [0.4, 0.5) is 17.1 Å². The van der Waals surface area contributed by atoms with E-state index in [1.807, 2.05) is 11.3 Å². The van der Waals surface area contributed by atoms with E-state index in [2.05, 4.69) is 230 Å². The number of fused-ring (bicyclic) bond motifs is 13. The van der Waals surface area contributed by atoms with Gasteiger partial charge in [-0.3, -0.25) is 0 Å². The minimum Gasteiger partial charge on any atom is -0.310 e. The average molecular weight is 837 g/mol. The molecule has 0 atom stereocenters. The lowest BCUT2D eigenvalue weighted by atomic mass is 9.82. The molecule has 0 bridgehead atoms. The molecule has 2 aliphatic rings. The fraction of sp³-hybridized carbons (Fsp3) is 0.0820. The molecule has 13 rings (SSSR count). The zero-order valence-electron chi connectivity index (χ0n) is 35.8. The van der Waals surface area contributed by atoms with E-state index in [1.54, 1.807) is 0 Å². The number of hydrogen-bond acceptors (Lipinski definition) is 2. The van der Waals surface area contributed by atoms with Crippen molar-refractivity contribution < 1.29 is 0 Å². The molecule has 0 N–H and O–H groups in total. The van der Waals surface area contributed by atoms with Crippen molar-refractivity contribution in [2.75, 3.05) is 4.90 Å². The third-order valence-corrected chi connectivity index (χ3v) is 15.2.